The lowest BCUT2D eigenvalue weighted by Gasteiger charge is -2.22. The Hall–Kier alpha value is -7.42. The van der Waals surface area contributed by atoms with Crippen LogP contribution >= 0.6 is 0 Å². The molecule has 0 radical (unpaired) electrons. The molecule has 0 bridgehead atoms. The summed E-state index contributed by atoms with van der Waals surface area (Å²) in [6, 6.07) is 76.3. The van der Waals surface area contributed by atoms with Crippen LogP contribution in [-0.2, 0) is 5.41 Å². The number of benzene rings is 9. The summed E-state index contributed by atoms with van der Waals surface area (Å²) in [6.45, 7) is 4.73. The third-order valence-corrected chi connectivity index (χ3v) is 12.9. The maximum absolute atomic E-state index is 2.45. The van der Waals surface area contributed by atoms with Crippen molar-refractivity contribution in [1.29, 1.82) is 0 Å². The molecule has 0 aliphatic heterocycles. The van der Waals surface area contributed by atoms with Crippen LogP contribution in [0.1, 0.15) is 25.0 Å². The lowest BCUT2D eigenvalue weighted by Crippen LogP contribution is -2.14. The van der Waals surface area contributed by atoms with Crippen LogP contribution in [0.3, 0.4) is 0 Å². The molecule has 11 aromatic rings. The number of rotatable bonds is 5. The SMILES string of the molecule is CC1(C)c2ccccc2-c2ccc(-c3cc(-c4ccc5c6ccccc6n(-c6cccc(-c7ccccc7)c6)c5c4)cc(-n4c5ccccc5c5ccccc54)c3)cc21. The minimum atomic E-state index is -0.0918. The molecule has 2 heterocycles. The topological polar surface area (TPSA) is 9.86 Å². The van der Waals surface area contributed by atoms with Gasteiger partial charge in [0.2, 0.25) is 0 Å². The number of fused-ring (bicyclic) bond motifs is 9. The Balaban J connectivity index is 1.10. The van der Waals surface area contributed by atoms with Crippen LogP contribution in [-0.4, -0.2) is 9.13 Å². The third kappa shape index (κ3) is 5.13. The first kappa shape index (κ1) is 33.7. The normalized spacial score (nSPS) is 13.1. The van der Waals surface area contributed by atoms with E-state index in [1.54, 1.807) is 0 Å². The zero-order valence-electron chi connectivity index (χ0n) is 33.0. The van der Waals surface area contributed by atoms with E-state index >= 15 is 0 Å². The van der Waals surface area contributed by atoms with Crippen LogP contribution in [0.25, 0.3) is 99.5 Å². The largest absolute Gasteiger partial charge is 0.309 e. The number of aromatic nitrogens is 2. The van der Waals surface area contributed by atoms with Gasteiger partial charge in [-0.05, 0) is 116 Å². The van der Waals surface area contributed by atoms with E-state index in [-0.39, 0.29) is 5.41 Å². The van der Waals surface area contributed by atoms with E-state index in [1.165, 1.54) is 99.2 Å². The highest BCUT2D eigenvalue weighted by molar-refractivity contribution is 6.11. The van der Waals surface area contributed by atoms with E-state index < -0.39 is 0 Å². The van der Waals surface area contributed by atoms with Crippen LogP contribution in [0, 0.1) is 0 Å². The van der Waals surface area contributed by atoms with Crippen molar-refractivity contribution in [3.8, 4) is 55.9 Å². The van der Waals surface area contributed by atoms with Crippen molar-refractivity contribution < 1.29 is 0 Å². The zero-order chi connectivity index (χ0) is 39.2. The maximum Gasteiger partial charge on any atom is 0.0547 e. The van der Waals surface area contributed by atoms with E-state index in [0.29, 0.717) is 0 Å². The van der Waals surface area contributed by atoms with Gasteiger partial charge < -0.3 is 9.13 Å². The molecular formula is C57H40N2. The Labute approximate surface area is 343 Å². The van der Waals surface area contributed by atoms with Gasteiger partial charge in [-0.3, -0.25) is 0 Å². The smallest absolute Gasteiger partial charge is 0.0547 e. The highest BCUT2D eigenvalue weighted by Crippen LogP contribution is 2.50. The number of hydrogen-bond acceptors (Lipinski definition) is 0. The van der Waals surface area contributed by atoms with Gasteiger partial charge in [-0.2, -0.15) is 0 Å². The Morgan fingerprint density at radius 1 is 0.288 bits per heavy atom. The van der Waals surface area contributed by atoms with Gasteiger partial charge in [0.1, 0.15) is 0 Å². The summed E-state index contributed by atoms with van der Waals surface area (Å²) < 4.78 is 4.90. The first-order chi connectivity index (χ1) is 29.0. The number of para-hydroxylation sites is 3. The van der Waals surface area contributed by atoms with E-state index in [4.69, 9.17) is 0 Å². The monoisotopic (exact) mass is 752 g/mol. The lowest BCUT2D eigenvalue weighted by molar-refractivity contribution is 0.660. The molecule has 0 saturated heterocycles. The predicted octanol–water partition coefficient (Wildman–Crippen LogP) is 15.2. The molecule has 1 aliphatic rings. The summed E-state index contributed by atoms with van der Waals surface area (Å²) in [7, 11) is 0. The first-order valence-electron chi connectivity index (χ1n) is 20.6. The minimum Gasteiger partial charge on any atom is -0.309 e. The molecule has 1 aliphatic carbocycles. The van der Waals surface area contributed by atoms with Gasteiger partial charge in [-0.25, -0.2) is 0 Å². The second-order valence-corrected chi connectivity index (χ2v) is 16.6. The van der Waals surface area contributed by atoms with Crippen molar-refractivity contribution >= 4 is 43.6 Å². The van der Waals surface area contributed by atoms with Crippen LogP contribution in [0.15, 0.2) is 206 Å². The molecule has 9 aromatic carbocycles. The zero-order valence-corrected chi connectivity index (χ0v) is 33.0. The van der Waals surface area contributed by atoms with Crippen molar-refractivity contribution in [3.63, 3.8) is 0 Å². The van der Waals surface area contributed by atoms with Crippen LogP contribution in [0.4, 0.5) is 0 Å². The van der Waals surface area contributed by atoms with Crippen LogP contribution in [0.2, 0.25) is 0 Å². The van der Waals surface area contributed by atoms with E-state index in [9.17, 15) is 0 Å². The Bertz CT molecular complexity index is 3410. The third-order valence-electron chi connectivity index (χ3n) is 12.9. The standard InChI is InChI=1S/C57H40N2/c1-57(2)51-23-10-6-19-45(51)46-29-27-39(35-52(46)57)41-31-42(34-44(33-41)59-54-25-12-7-20-47(54)48-21-8-13-26-55(48)59)40-28-30-50-49-22-9-11-24-53(49)58(56(50)36-40)43-18-14-17-38(32-43)37-15-4-3-5-16-37/h3-36H,1-2H3. The average molecular weight is 753 g/mol. The molecule has 0 unspecified atom stereocenters. The fraction of sp³-hybridized carbons (Fsp3) is 0.0526. The molecule has 2 aromatic heterocycles. The van der Waals surface area contributed by atoms with Gasteiger partial charge >= 0.3 is 0 Å². The summed E-state index contributed by atoms with van der Waals surface area (Å²) in [5.41, 5.74) is 19.7. The number of hydrogen-bond donors (Lipinski definition) is 0. The molecule has 0 N–H and O–H groups in total. The summed E-state index contributed by atoms with van der Waals surface area (Å²) in [5, 5.41) is 5.01. The van der Waals surface area contributed by atoms with Crippen molar-refractivity contribution in [2.24, 2.45) is 0 Å². The van der Waals surface area contributed by atoms with Gasteiger partial charge in [0.15, 0.2) is 0 Å². The van der Waals surface area contributed by atoms with E-state index in [0.717, 1.165) is 11.4 Å². The summed E-state index contributed by atoms with van der Waals surface area (Å²) >= 11 is 0. The first-order valence-corrected chi connectivity index (χ1v) is 20.6. The Morgan fingerprint density at radius 2 is 0.780 bits per heavy atom. The minimum absolute atomic E-state index is 0.0918. The van der Waals surface area contributed by atoms with Gasteiger partial charge in [-0.15, -0.1) is 0 Å². The second-order valence-electron chi connectivity index (χ2n) is 16.6. The second kappa shape index (κ2) is 12.8. The molecular weight excluding hydrogens is 713 g/mol. The highest BCUT2D eigenvalue weighted by atomic mass is 15.0. The van der Waals surface area contributed by atoms with Crippen LogP contribution in [0.5, 0.6) is 0 Å². The van der Waals surface area contributed by atoms with Crippen molar-refractivity contribution in [1.82, 2.24) is 9.13 Å². The fourth-order valence-electron chi connectivity index (χ4n) is 10.0. The van der Waals surface area contributed by atoms with Gasteiger partial charge in [0.05, 0.1) is 22.1 Å². The van der Waals surface area contributed by atoms with Gasteiger partial charge in [0, 0.05) is 38.3 Å². The van der Waals surface area contributed by atoms with E-state index in [1.807, 2.05) is 0 Å². The molecule has 59 heavy (non-hydrogen) atoms. The average Bonchev–Trinajstić information content (AvgIpc) is 3.89. The molecule has 278 valence electrons. The van der Waals surface area contributed by atoms with Gasteiger partial charge in [0.25, 0.3) is 0 Å². The fourth-order valence-corrected chi connectivity index (χ4v) is 10.0. The molecule has 0 fully saturated rings. The molecule has 0 saturated carbocycles. The van der Waals surface area contributed by atoms with Gasteiger partial charge in [-0.1, -0.05) is 159 Å². The molecule has 2 heteroatoms. The van der Waals surface area contributed by atoms with Crippen molar-refractivity contribution in [2.75, 3.05) is 0 Å². The molecule has 2 nitrogen and oxygen atoms in total. The van der Waals surface area contributed by atoms with Crippen molar-refractivity contribution in [2.45, 2.75) is 19.3 Å². The molecule has 0 atom stereocenters. The van der Waals surface area contributed by atoms with Crippen LogP contribution < -0.4 is 0 Å². The molecule has 12 rings (SSSR count). The van der Waals surface area contributed by atoms with E-state index in [2.05, 4.69) is 229 Å². The van der Waals surface area contributed by atoms with Crippen molar-refractivity contribution in [3.05, 3.63) is 217 Å². The Kier molecular flexibility index (Phi) is 7.31. The quantitative estimate of drug-likeness (QED) is 0.166. The highest BCUT2D eigenvalue weighted by Gasteiger charge is 2.35. The summed E-state index contributed by atoms with van der Waals surface area (Å²) in [4.78, 5) is 0. The lowest BCUT2D eigenvalue weighted by atomic mass is 9.81. The summed E-state index contributed by atoms with van der Waals surface area (Å²) in [5.74, 6) is 0. The number of nitrogens with zero attached hydrogens (tertiary/aromatic N) is 2. The predicted molar refractivity (Wildman–Crippen MR) is 249 cm³/mol. The maximum atomic E-state index is 2.45. The molecule has 0 amide bonds. The molecule has 0 spiro atoms. The Morgan fingerprint density at radius 3 is 1.47 bits per heavy atom. The summed E-state index contributed by atoms with van der Waals surface area (Å²) in [6.07, 6.45) is 0.